The molecule has 0 saturated heterocycles. The lowest BCUT2D eigenvalue weighted by Gasteiger charge is -2.05. The van der Waals surface area contributed by atoms with Crippen LogP contribution in [0.3, 0.4) is 0 Å². The highest BCUT2D eigenvalue weighted by Crippen LogP contribution is 2.02. The van der Waals surface area contributed by atoms with Crippen LogP contribution in [0.15, 0.2) is 23.3 Å². The van der Waals surface area contributed by atoms with Gasteiger partial charge in [-0.3, -0.25) is 9.98 Å². The van der Waals surface area contributed by atoms with E-state index in [4.69, 9.17) is 5.84 Å². The Morgan fingerprint density at radius 1 is 1.67 bits per heavy atom. The Kier molecular flexibility index (Phi) is 2.76. The van der Waals surface area contributed by atoms with Gasteiger partial charge in [-0.05, 0) is 18.6 Å². The number of hydrogen-bond donors (Lipinski definition) is 2. The number of aromatic nitrogens is 1. The molecule has 0 fully saturated rings. The van der Waals surface area contributed by atoms with E-state index in [1.807, 2.05) is 19.1 Å². The molecule has 0 aliphatic carbocycles. The summed E-state index contributed by atoms with van der Waals surface area (Å²) in [6, 6.07) is 3.84. The van der Waals surface area contributed by atoms with Gasteiger partial charge in [-0.15, -0.1) is 0 Å². The fraction of sp³-hybridized carbons (Fsp3) is 0.250. The Morgan fingerprint density at radius 3 is 2.92 bits per heavy atom. The van der Waals surface area contributed by atoms with Crippen LogP contribution in [-0.2, 0) is 0 Å². The fourth-order valence-corrected chi connectivity index (χ4v) is 0.972. The van der Waals surface area contributed by atoms with Gasteiger partial charge < -0.3 is 5.43 Å². The molecule has 0 saturated carbocycles. The van der Waals surface area contributed by atoms with Crippen LogP contribution in [0.1, 0.15) is 11.3 Å². The Labute approximate surface area is 71.5 Å². The molecule has 0 bridgehead atoms. The Hall–Kier alpha value is -1.42. The van der Waals surface area contributed by atoms with E-state index in [9.17, 15) is 0 Å². The topological polar surface area (TPSA) is 63.3 Å². The molecule has 0 unspecified atom stereocenters. The molecule has 0 atom stereocenters. The maximum absolute atomic E-state index is 5.26. The van der Waals surface area contributed by atoms with Gasteiger partial charge in [-0.1, -0.05) is 6.07 Å². The highest BCUT2D eigenvalue weighted by Gasteiger charge is 2.03. The first kappa shape index (κ1) is 8.67. The lowest BCUT2D eigenvalue weighted by atomic mass is 10.2. The lowest BCUT2D eigenvalue weighted by Crippen LogP contribution is -2.32. The molecule has 1 aromatic heterocycles. The van der Waals surface area contributed by atoms with Crippen LogP contribution in [-0.4, -0.2) is 17.9 Å². The maximum Gasteiger partial charge on any atom is 0.161 e. The van der Waals surface area contributed by atoms with Crippen LogP contribution >= 0.6 is 0 Å². The SMILES string of the molecule is CN=C(NN)c1ncccc1C. The molecule has 1 aromatic rings. The standard InChI is InChI=1S/C8H12N4/c1-6-4-3-5-11-7(6)8(10-2)12-9/h3-5H,9H2,1-2H3,(H,10,12). The van der Waals surface area contributed by atoms with Gasteiger partial charge >= 0.3 is 0 Å². The molecule has 0 aliphatic rings. The highest BCUT2D eigenvalue weighted by molar-refractivity contribution is 5.97. The molecule has 0 aliphatic heterocycles. The van der Waals surface area contributed by atoms with Gasteiger partial charge in [0.2, 0.25) is 0 Å². The predicted octanol–water partition coefficient (Wildman–Crippen LogP) is 0.230. The predicted molar refractivity (Wildman–Crippen MR) is 48.8 cm³/mol. The Bertz CT molecular complexity index is 293. The van der Waals surface area contributed by atoms with E-state index in [1.165, 1.54) is 0 Å². The summed E-state index contributed by atoms with van der Waals surface area (Å²) in [7, 11) is 1.67. The number of rotatable bonds is 1. The highest BCUT2D eigenvalue weighted by atomic mass is 15.3. The Balaban J connectivity index is 3.10. The van der Waals surface area contributed by atoms with E-state index in [1.54, 1.807) is 13.2 Å². The van der Waals surface area contributed by atoms with Crippen LogP contribution < -0.4 is 11.3 Å². The quantitative estimate of drug-likeness (QED) is 0.270. The molecule has 1 rings (SSSR count). The zero-order chi connectivity index (χ0) is 8.97. The van der Waals surface area contributed by atoms with Crippen molar-refractivity contribution in [3.05, 3.63) is 29.6 Å². The number of aryl methyl sites for hydroxylation is 1. The summed E-state index contributed by atoms with van der Waals surface area (Å²) in [6.45, 7) is 1.96. The first-order valence-electron chi connectivity index (χ1n) is 3.65. The van der Waals surface area contributed by atoms with Crippen LogP contribution in [0, 0.1) is 6.92 Å². The van der Waals surface area contributed by atoms with Crippen molar-refractivity contribution in [2.24, 2.45) is 10.8 Å². The Morgan fingerprint density at radius 2 is 2.42 bits per heavy atom. The second kappa shape index (κ2) is 3.82. The van der Waals surface area contributed by atoms with E-state index in [2.05, 4.69) is 15.4 Å². The number of hydrogen-bond acceptors (Lipinski definition) is 3. The van der Waals surface area contributed by atoms with E-state index in [-0.39, 0.29) is 0 Å². The number of nitrogens with two attached hydrogens (primary N) is 1. The first-order chi connectivity index (χ1) is 5.79. The van der Waals surface area contributed by atoms with Gasteiger partial charge in [0.05, 0.1) is 0 Å². The minimum absolute atomic E-state index is 0.605. The number of nitrogens with zero attached hydrogens (tertiary/aromatic N) is 2. The number of amidine groups is 1. The van der Waals surface area contributed by atoms with E-state index in [0.29, 0.717) is 5.84 Å². The van der Waals surface area contributed by atoms with Crippen LogP contribution in [0.5, 0.6) is 0 Å². The second-order valence-corrected chi connectivity index (χ2v) is 2.39. The van der Waals surface area contributed by atoms with Gasteiger partial charge in [-0.25, -0.2) is 5.84 Å². The zero-order valence-electron chi connectivity index (χ0n) is 7.20. The zero-order valence-corrected chi connectivity index (χ0v) is 7.20. The van der Waals surface area contributed by atoms with Crippen LogP contribution in [0.4, 0.5) is 0 Å². The van der Waals surface area contributed by atoms with E-state index >= 15 is 0 Å². The van der Waals surface area contributed by atoms with Crippen molar-refractivity contribution >= 4 is 5.84 Å². The molecule has 0 aromatic carbocycles. The van der Waals surface area contributed by atoms with Crippen molar-refractivity contribution in [1.82, 2.24) is 10.4 Å². The summed E-state index contributed by atoms with van der Waals surface area (Å²) >= 11 is 0. The molecule has 1 heterocycles. The summed E-state index contributed by atoms with van der Waals surface area (Å²) < 4.78 is 0. The monoisotopic (exact) mass is 164 g/mol. The van der Waals surface area contributed by atoms with Gasteiger partial charge in [0.15, 0.2) is 5.84 Å². The summed E-state index contributed by atoms with van der Waals surface area (Å²) in [5.41, 5.74) is 4.34. The summed E-state index contributed by atoms with van der Waals surface area (Å²) in [5.74, 6) is 5.87. The van der Waals surface area contributed by atoms with Crippen molar-refractivity contribution < 1.29 is 0 Å². The minimum atomic E-state index is 0.605. The summed E-state index contributed by atoms with van der Waals surface area (Å²) in [6.07, 6.45) is 1.71. The average Bonchev–Trinajstić information content (AvgIpc) is 2.10. The van der Waals surface area contributed by atoms with Crippen LogP contribution in [0.2, 0.25) is 0 Å². The van der Waals surface area contributed by atoms with Crippen molar-refractivity contribution in [3.8, 4) is 0 Å². The molecule has 4 heteroatoms. The second-order valence-electron chi connectivity index (χ2n) is 2.39. The lowest BCUT2D eigenvalue weighted by molar-refractivity contribution is 1.00. The molecule has 0 radical (unpaired) electrons. The summed E-state index contributed by atoms with van der Waals surface area (Å²) in [5, 5.41) is 0. The largest absolute Gasteiger partial charge is 0.307 e. The maximum atomic E-state index is 5.26. The van der Waals surface area contributed by atoms with Crippen molar-refractivity contribution in [1.29, 1.82) is 0 Å². The molecular weight excluding hydrogens is 152 g/mol. The van der Waals surface area contributed by atoms with Gasteiger partial charge in [0.1, 0.15) is 5.69 Å². The number of pyridine rings is 1. The number of hydrazine groups is 1. The number of aliphatic imine (C=N–C) groups is 1. The molecule has 4 nitrogen and oxygen atoms in total. The number of nitrogens with one attached hydrogen (secondary N) is 1. The third kappa shape index (κ3) is 1.60. The minimum Gasteiger partial charge on any atom is -0.307 e. The van der Waals surface area contributed by atoms with Crippen LogP contribution in [0.25, 0.3) is 0 Å². The van der Waals surface area contributed by atoms with Crippen molar-refractivity contribution in [2.75, 3.05) is 7.05 Å². The normalized spacial score (nSPS) is 11.4. The first-order valence-corrected chi connectivity index (χ1v) is 3.65. The van der Waals surface area contributed by atoms with Gasteiger partial charge in [-0.2, -0.15) is 0 Å². The van der Waals surface area contributed by atoms with Crippen molar-refractivity contribution in [3.63, 3.8) is 0 Å². The molecule has 0 amide bonds. The van der Waals surface area contributed by atoms with E-state index in [0.717, 1.165) is 11.3 Å². The van der Waals surface area contributed by atoms with Gasteiger partial charge in [0.25, 0.3) is 0 Å². The van der Waals surface area contributed by atoms with Crippen molar-refractivity contribution in [2.45, 2.75) is 6.92 Å². The van der Waals surface area contributed by atoms with Gasteiger partial charge in [0, 0.05) is 13.2 Å². The third-order valence-electron chi connectivity index (χ3n) is 1.59. The summed E-state index contributed by atoms with van der Waals surface area (Å²) in [4.78, 5) is 8.10. The fourth-order valence-electron chi connectivity index (χ4n) is 0.972. The van der Waals surface area contributed by atoms with E-state index < -0.39 is 0 Å². The molecule has 12 heavy (non-hydrogen) atoms. The molecule has 64 valence electrons. The molecule has 0 spiro atoms. The molecule has 3 N–H and O–H groups in total. The molecular formula is C8H12N4. The smallest absolute Gasteiger partial charge is 0.161 e. The third-order valence-corrected chi connectivity index (χ3v) is 1.59. The average molecular weight is 164 g/mol.